The van der Waals surface area contributed by atoms with Crippen molar-refractivity contribution in [1.82, 2.24) is 9.80 Å². The minimum Gasteiger partial charge on any atom is -0.504 e. The van der Waals surface area contributed by atoms with Crippen LogP contribution >= 0.6 is 0 Å². The van der Waals surface area contributed by atoms with Crippen molar-refractivity contribution in [3.05, 3.63) is 23.8 Å². The maximum Gasteiger partial charge on any atom is 0.162 e. The average molecular weight is 292 g/mol. The van der Waals surface area contributed by atoms with E-state index in [2.05, 4.69) is 23.6 Å². The Morgan fingerprint density at radius 2 is 2.05 bits per heavy atom. The zero-order chi connectivity index (χ0) is 15.2. The molecule has 1 heterocycles. The van der Waals surface area contributed by atoms with E-state index in [9.17, 15) is 5.11 Å². The van der Waals surface area contributed by atoms with Crippen molar-refractivity contribution >= 4 is 0 Å². The van der Waals surface area contributed by atoms with Crippen LogP contribution in [0.15, 0.2) is 18.2 Å². The van der Waals surface area contributed by atoms with Crippen LogP contribution in [0.5, 0.6) is 11.5 Å². The summed E-state index contributed by atoms with van der Waals surface area (Å²) in [7, 11) is 0. The second kappa shape index (κ2) is 7.66. The normalized spacial score (nSPS) is 19.3. The molecule has 1 aliphatic heterocycles. The first-order valence-corrected chi connectivity index (χ1v) is 8.09. The maximum absolute atomic E-state index is 10.3. The summed E-state index contributed by atoms with van der Waals surface area (Å²) in [4.78, 5) is 4.95. The first kappa shape index (κ1) is 16.1. The third kappa shape index (κ3) is 3.89. The second-order valence-electron chi connectivity index (χ2n) is 5.60. The largest absolute Gasteiger partial charge is 0.504 e. The number of nitrogens with zero attached hydrogens (tertiary/aromatic N) is 2. The van der Waals surface area contributed by atoms with Gasteiger partial charge in [-0.25, -0.2) is 0 Å². The van der Waals surface area contributed by atoms with Gasteiger partial charge >= 0.3 is 0 Å². The molecule has 1 aromatic rings. The Morgan fingerprint density at radius 3 is 2.71 bits per heavy atom. The molecular formula is C17H28N2O2. The summed E-state index contributed by atoms with van der Waals surface area (Å²) < 4.78 is 5.46. The fraction of sp³-hybridized carbons (Fsp3) is 0.647. The minimum absolute atomic E-state index is 0.297. The molecule has 1 fully saturated rings. The van der Waals surface area contributed by atoms with E-state index in [1.165, 1.54) is 6.42 Å². The van der Waals surface area contributed by atoms with Gasteiger partial charge in [0.05, 0.1) is 6.61 Å². The average Bonchev–Trinajstić information content (AvgIpc) is 2.93. The highest BCUT2D eigenvalue weighted by molar-refractivity contribution is 5.45. The van der Waals surface area contributed by atoms with E-state index in [0.29, 0.717) is 24.1 Å². The number of phenolic OH excluding ortho intramolecular Hbond substituents is 1. The van der Waals surface area contributed by atoms with Crippen LogP contribution < -0.4 is 4.74 Å². The van der Waals surface area contributed by atoms with Gasteiger partial charge in [0.25, 0.3) is 0 Å². The van der Waals surface area contributed by atoms with Gasteiger partial charge in [-0.05, 0) is 32.5 Å². The number of hydrogen-bond acceptors (Lipinski definition) is 4. The summed E-state index contributed by atoms with van der Waals surface area (Å²) in [6.07, 6.45) is 1.22. The van der Waals surface area contributed by atoms with Crippen LogP contribution in [0.3, 0.4) is 0 Å². The summed E-state index contributed by atoms with van der Waals surface area (Å²) in [5.74, 6) is 0.889. The lowest BCUT2D eigenvalue weighted by atomic mass is 10.1. The Bertz CT molecular complexity index is 446. The summed E-state index contributed by atoms with van der Waals surface area (Å²) in [5.41, 5.74) is 0.959. The zero-order valence-corrected chi connectivity index (χ0v) is 13.5. The molecule has 1 saturated heterocycles. The van der Waals surface area contributed by atoms with Gasteiger partial charge in [0.1, 0.15) is 0 Å². The lowest BCUT2D eigenvalue weighted by molar-refractivity contribution is 0.208. The molecule has 118 valence electrons. The Hall–Kier alpha value is -1.26. The molecule has 1 aliphatic rings. The minimum atomic E-state index is 0.297. The van der Waals surface area contributed by atoms with E-state index in [0.717, 1.165) is 38.3 Å². The van der Waals surface area contributed by atoms with Crippen molar-refractivity contribution in [2.75, 3.05) is 32.8 Å². The standard InChI is InChI=1S/C17H28N2O2/c1-4-19(5-2)15-10-11-18(13-15)12-14-8-7-9-16(17(14)20)21-6-3/h7-9,15,20H,4-6,10-13H2,1-3H3. The molecular weight excluding hydrogens is 264 g/mol. The number of likely N-dealkylation sites (tertiary alicyclic amines) is 1. The molecule has 0 saturated carbocycles. The van der Waals surface area contributed by atoms with Gasteiger partial charge in [-0.3, -0.25) is 9.80 Å². The maximum atomic E-state index is 10.3. The number of benzene rings is 1. The molecule has 0 bridgehead atoms. The zero-order valence-electron chi connectivity index (χ0n) is 13.5. The lowest BCUT2D eigenvalue weighted by Crippen LogP contribution is -2.37. The first-order valence-electron chi connectivity index (χ1n) is 8.09. The van der Waals surface area contributed by atoms with Crippen molar-refractivity contribution < 1.29 is 9.84 Å². The predicted octanol–water partition coefficient (Wildman–Crippen LogP) is 2.71. The second-order valence-corrected chi connectivity index (χ2v) is 5.60. The van der Waals surface area contributed by atoms with Gasteiger partial charge in [0.15, 0.2) is 11.5 Å². The van der Waals surface area contributed by atoms with Gasteiger partial charge in [-0.15, -0.1) is 0 Å². The Morgan fingerprint density at radius 1 is 1.29 bits per heavy atom. The number of rotatable bonds is 7. The highest BCUT2D eigenvalue weighted by atomic mass is 16.5. The van der Waals surface area contributed by atoms with E-state index >= 15 is 0 Å². The summed E-state index contributed by atoms with van der Waals surface area (Å²) >= 11 is 0. The third-order valence-electron chi connectivity index (χ3n) is 4.35. The van der Waals surface area contributed by atoms with Crippen molar-refractivity contribution in [3.63, 3.8) is 0 Å². The van der Waals surface area contributed by atoms with E-state index in [4.69, 9.17) is 4.74 Å². The molecule has 0 amide bonds. The predicted molar refractivity (Wildman–Crippen MR) is 85.9 cm³/mol. The highest BCUT2D eigenvalue weighted by Gasteiger charge is 2.26. The Balaban J connectivity index is 1.98. The topological polar surface area (TPSA) is 35.9 Å². The Labute approximate surface area is 128 Å². The molecule has 0 aliphatic carbocycles. The van der Waals surface area contributed by atoms with E-state index in [-0.39, 0.29) is 0 Å². The van der Waals surface area contributed by atoms with Crippen LogP contribution in [-0.4, -0.2) is 53.7 Å². The number of para-hydroxylation sites is 1. The molecule has 4 heteroatoms. The lowest BCUT2D eigenvalue weighted by Gasteiger charge is -2.26. The molecule has 1 atom stereocenters. The molecule has 2 rings (SSSR count). The van der Waals surface area contributed by atoms with Gasteiger partial charge in [0.2, 0.25) is 0 Å². The van der Waals surface area contributed by atoms with Gasteiger partial charge in [-0.1, -0.05) is 26.0 Å². The molecule has 1 aromatic carbocycles. The highest BCUT2D eigenvalue weighted by Crippen LogP contribution is 2.31. The molecule has 0 spiro atoms. The van der Waals surface area contributed by atoms with Crippen molar-refractivity contribution in [3.8, 4) is 11.5 Å². The van der Waals surface area contributed by atoms with E-state index in [1.807, 2.05) is 25.1 Å². The number of likely N-dealkylation sites (N-methyl/N-ethyl adjacent to an activating group) is 1. The van der Waals surface area contributed by atoms with Crippen molar-refractivity contribution in [2.24, 2.45) is 0 Å². The van der Waals surface area contributed by atoms with Gasteiger partial charge in [0, 0.05) is 31.2 Å². The summed E-state index contributed by atoms with van der Waals surface area (Å²) in [5, 5.41) is 10.3. The fourth-order valence-corrected chi connectivity index (χ4v) is 3.20. The van der Waals surface area contributed by atoms with Gasteiger partial charge in [-0.2, -0.15) is 0 Å². The van der Waals surface area contributed by atoms with Crippen molar-refractivity contribution in [1.29, 1.82) is 0 Å². The summed E-state index contributed by atoms with van der Waals surface area (Å²) in [6.45, 7) is 12.2. The molecule has 0 aromatic heterocycles. The van der Waals surface area contributed by atoms with Crippen LogP contribution in [0.25, 0.3) is 0 Å². The van der Waals surface area contributed by atoms with Crippen LogP contribution in [0.4, 0.5) is 0 Å². The smallest absolute Gasteiger partial charge is 0.162 e. The van der Waals surface area contributed by atoms with Crippen LogP contribution in [0.1, 0.15) is 32.8 Å². The molecule has 4 nitrogen and oxygen atoms in total. The number of phenols is 1. The number of aromatic hydroxyl groups is 1. The first-order chi connectivity index (χ1) is 10.2. The Kier molecular flexibility index (Phi) is 5.88. The molecule has 0 radical (unpaired) electrons. The third-order valence-corrected chi connectivity index (χ3v) is 4.35. The van der Waals surface area contributed by atoms with E-state index < -0.39 is 0 Å². The molecule has 1 unspecified atom stereocenters. The van der Waals surface area contributed by atoms with Crippen molar-refractivity contribution in [2.45, 2.75) is 39.8 Å². The fourth-order valence-electron chi connectivity index (χ4n) is 3.20. The number of ether oxygens (including phenoxy) is 1. The molecule has 1 N–H and O–H groups in total. The quantitative estimate of drug-likeness (QED) is 0.838. The van der Waals surface area contributed by atoms with E-state index in [1.54, 1.807) is 0 Å². The van der Waals surface area contributed by atoms with Crippen LogP contribution in [-0.2, 0) is 6.54 Å². The SMILES string of the molecule is CCOc1cccc(CN2CCC(N(CC)CC)C2)c1O. The summed E-state index contributed by atoms with van der Waals surface area (Å²) in [6, 6.07) is 6.42. The van der Waals surface area contributed by atoms with Crippen LogP contribution in [0, 0.1) is 0 Å². The van der Waals surface area contributed by atoms with Crippen LogP contribution in [0.2, 0.25) is 0 Å². The monoisotopic (exact) mass is 292 g/mol. The molecule has 21 heavy (non-hydrogen) atoms. The number of hydrogen-bond donors (Lipinski definition) is 1. The van der Waals surface area contributed by atoms with Gasteiger partial charge < -0.3 is 9.84 Å².